The minimum Gasteiger partial charge on any atom is -0.366 e. The monoisotopic (exact) mass is 275 g/mol. The Bertz CT molecular complexity index is 538. The summed E-state index contributed by atoms with van der Waals surface area (Å²) in [5.41, 5.74) is 2.61. The number of morpholine rings is 1. The molecule has 0 spiro atoms. The number of benzene rings is 1. The molecule has 3 N–H and O–H groups in total. The van der Waals surface area contributed by atoms with Crippen LogP contribution in [0.5, 0.6) is 0 Å². The van der Waals surface area contributed by atoms with Gasteiger partial charge in [-0.2, -0.15) is 0 Å². The molecule has 2 heterocycles. The number of hydrogen-bond acceptors (Lipinski definition) is 4. The zero-order chi connectivity index (χ0) is 13.9. The molecule has 1 atom stereocenters. The van der Waals surface area contributed by atoms with Crippen molar-refractivity contribution in [3.63, 3.8) is 0 Å². The highest BCUT2D eigenvalue weighted by atomic mass is 16.5. The number of hydrogen-bond donors (Lipinski definition) is 3. The van der Waals surface area contributed by atoms with E-state index in [-0.39, 0.29) is 11.8 Å². The van der Waals surface area contributed by atoms with Crippen LogP contribution in [0.15, 0.2) is 18.2 Å². The molecule has 0 saturated carbocycles. The van der Waals surface area contributed by atoms with Crippen molar-refractivity contribution in [3.05, 3.63) is 23.8 Å². The van der Waals surface area contributed by atoms with Gasteiger partial charge in [0.15, 0.2) is 0 Å². The molecule has 1 fully saturated rings. The molecule has 1 saturated heterocycles. The second kappa shape index (κ2) is 5.60. The van der Waals surface area contributed by atoms with E-state index in [9.17, 15) is 9.59 Å². The highest BCUT2D eigenvalue weighted by molar-refractivity contribution is 5.97. The van der Waals surface area contributed by atoms with Gasteiger partial charge in [0.2, 0.25) is 5.91 Å². The highest BCUT2D eigenvalue weighted by Gasteiger charge is 2.22. The van der Waals surface area contributed by atoms with E-state index in [0.29, 0.717) is 26.0 Å². The molecule has 6 nitrogen and oxygen atoms in total. The SMILES string of the molecule is O=C1CCc2cc(NC(=O)C3CNCCO3)ccc2N1. The van der Waals surface area contributed by atoms with Crippen LogP contribution in [0.2, 0.25) is 0 Å². The third kappa shape index (κ3) is 2.81. The van der Waals surface area contributed by atoms with Crippen LogP contribution in [-0.4, -0.2) is 37.6 Å². The van der Waals surface area contributed by atoms with Crippen molar-refractivity contribution >= 4 is 23.2 Å². The van der Waals surface area contributed by atoms with Gasteiger partial charge in [-0.1, -0.05) is 0 Å². The second-order valence-corrected chi connectivity index (χ2v) is 4.97. The predicted octanol–water partition coefficient (Wildman–Crippen LogP) is 0.498. The van der Waals surface area contributed by atoms with Gasteiger partial charge >= 0.3 is 0 Å². The Hall–Kier alpha value is -1.92. The minimum absolute atomic E-state index is 0.0379. The third-order valence-corrected chi connectivity index (χ3v) is 3.49. The number of carbonyl (C=O) groups is 2. The Labute approximate surface area is 116 Å². The van der Waals surface area contributed by atoms with Crippen molar-refractivity contribution < 1.29 is 14.3 Å². The molecule has 2 amide bonds. The molecular formula is C14H17N3O3. The van der Waals surface area contributed by atoms with Gasteiger partial charge in [0, 0.05) is 30.9 Å². The molecule has 2 aliphatic rings. The Balaban J connectivity index is 1.68. The van der Waals surface area contributed by atoms with E-state index >= 15 is 0 Å². The second-order valence-electron chi connectivity index (χ2n) is 4.97. The van der Waals surface area contributed by atoms with Gasteiger partial charge < -0.3 is 20.7 Å². The zero-order valence-corrected chi connectivity index (χ0v) is 11.1. The number of ether oxygens (including phenoxy) is 1. The van der Waals surface area contributed by atoms with Crippen LogP contribution < -0.4 is 16.0 Å². The van der Waals surface area contributed by atoms with Crippen LogP contribution in [0.1, 0.15) is 12.0 Å². The van der Waals surface area contributed by atoms with Crippen LogP contribution in [0.25, 0.3) is 0 Å². The average molecular weight is 275 g/mol. The lowest BCUT2D eigenvalue weighted by atomic mass is 10.0. The molecule has 1 unspecified atom stereocenters. The Kier molecular flexibility index (Phi) is 3.66. The molecule has 2 aliphatic heterocycles. The van der Waals surface area contributed by atoms with Gasteiger partial charge in [-0.25, -0.2) is 0 Å². The quantitative estimate of drug-likeness (QED) is 0.734. The number of amides is 2. The van der Waals surface area contributed by atoms with Crippen LogP contribution in [-0.2, 0) is 20.7 Å². The topological polar surface area (TPSA) is 79.5 Å². The van der Waals surface area contributed by atoms with E-state index in [1.807, 2.05) is 12.1 Å². The predicted molar refractivity (Wildman–Crippen MR) is 74.6 cm³/mol. The lowest BCUT2D eigenvalue weighted by Crippen LogP contribution is -2.45. The number of aryl methyl sites for hydroxylation is 1. The lowest BCUT2D eigenvalue weighted by molar-refractivity contribution is -0.128. The number of nitrogens with one attached hydrogen (secondary N) is 3. The molecule has 6 heteroatoms. The molecule has 0 aromatic heterocycles. The van der Waals surface area contributed by atoms with E-state index in [1.165, 1.54) is 0 Å². The first-order valence-electron chi connectivity index (χ1n) is 6.78. The first-order valence-corrected chi connectivity index (χ1v) is 6.78. The maximum Gasteiger partial charge on any atom is 0.254 e. The van der Waals surface area contributed by atoms with Gasteiger partial charge in [-0.05, 0) is 30.2 Å². The smallest absolute Gasteiger partial charge is 0.254 e. The van der Waals surface area contributed by atoms with Crippen LogP contribution in [0, 0.1) is 0 Å². The largest absolute Gasteiger partial charge is 0.366 e. The summed E-state index contributed by atoms with van der Waals surface area (Å²) in [7, 11) is 0. The summed E-state index contributed by atoms with van der Waals surface area (Å²) in [6, 6.07) is 5.52. The van der Waals surface area contributed by atoms with Crippen molar-refractivity contribution in [3.8, 4) is 0 Å². The molecule has 0 bridgehead atoms. The fraction of sp³-hybridized carbons (Fsp3) is 0.429. The van der Waals surface area contributed by atoms with Crippen LogP contribution in [0.4, 0.5) is 11.4 Å². The number of fused-ring (bicyclic) bond motifs is 1. The standard InChI is InChI=1S/C14H17N3O3/c18-13-4-1-9-7-10(2-3-11(9)17-13)16-14(19)12-8-15-5-6-20-12/h2-3,7,12,15H,1,4-6,8H2,(H,16,19)(H,17,18). The van der Waals surface area contributed by atoms with Crippen LogP contribution >= 0.6 is 0 Å². The van der Waals surface area contributed by atoms with Crippen LogP contribution in [0.3, 0.4) is 0 Å². The average Bonchev–Trinajstić information content (AvgIpc) is 2.48. The van der Waals surface area contributed by atoms with Gasteiger partial charge in [0.05, 0.1) is 6.61 Å². The Morgan fingerprint density at radius 3 is 3.05 bits per heavy atom. The molecule has 1 aromatic carbocycles. The number of carbonyl (C=O) groups excluding carboxylic acids is 2. The zero-order valence-electron chi connectivity index (χ0n) is 11.1. The molecule has 0 aliphatic carbocycles. The van der Waals surface area contributed by atoms with E-state index in [0.717, 1.165) is 23.5 Å². The molecular weight excluding hydrogens is 258 g/mol. The highest BCUT2D eigenvalue weighted by Crippen LogP contribution is 2.25. The summed E-state index contributed by atoms with van der Waals surface area (Å²) >= 11 is 0. The van der Waals surface area contributed by atoms with E-state index < -0.39 is 6.10 Å². The lowest BCUT2D eigenvalue weighted by Gasteiger charge is -2.23. The summed E-state index contributed by atoms with van der Waals surface area (Å²) in [6.45, 7) is 1.86. The summed E-state index contributed by atoms with van der Waals surface area (Å²) in [4.78, 5) is 23.3. The summed E-state index contributed by atoms with van der Waals surface area (Å²) in [5, 5.41) is 8.80. The van der Waals surface area contributed by atoms with Crippen molar-refractivity contribution in [2.24, 2.45) is 0 Å². The minimum atomic E-state index is -0.445. The van der Waals surface area contributed by atoms with Crippen molar-refractivity contribution in [2.45, 2.75) is 18.9 Å². The van der Waals surface area contributed by atoms with Gasteiger partial charge in [-0.3, -0.25) is 9.59 Å². The van der Waals surface area contributed by atoms with Gasteiger partial charge in [-0.15, -0.1) is 0 Å². The summed E-state index contributed by atoms with van der Waals surface area (Å²) in [5.74, 6) is -0.104. The number of anilines is 2. The summed E-state index contributed by atoms with van der Waals surface area (Å²) in [6.07, 6.45) is 0.742. The number of rotatable bonds is 2. The maximum atomic E-state index is 12.0. The Morgan fingerprint density at radius 1 is 1.35 bits per heavy atom. The van der Waals surface area contributed by atoms with Crippen molar-refractivity contribution in [1.82, 2.24) is 5.32 Å². The molecule has 0 radical (unpaired) electrons. The normalized spacial score (nSPS) is 21.8. The van der Waals surface area contributed by atoms with Crippen molar-refractivity contribution in [1.29, 1.82) is 0 Å². The first kappa shape index (κ1) is 13.1. The molecule has 3 rings (SSSR count). The molecule has 1 aromatic rings. The fourth-order valence-electron chi connectivity index (χ4n) is 2.42. The Morgan fingerprint density at radius 2 is 2.25 bits per heavy atom. The van der Waals surface area contributed by atoms with E-state index in [1.54, 1.807) is 6.07 Å². The third-order valence-electron chi connectivity index (χ3n) is 3.49. The maximum absolute atomic E-state index is 12.0. The van der Waals surface area contributed by atoms with Gasteiger partial charge in [0.25, 0.3) is 5.91 Å². The van der Waals surface area contributed by atoms with E-state index in [2.05, 4.69) is 16.0 Å². The van der Waals surface area contributed by atoms with E-state index in [4.69, 9.17) is 4.74 Å². The molecule has 20 heavy (non-hydrogen) atoms. The van der Waals surface area contributed by atoms with Gasteiger partial charge in [0.1, 0.15) is 6.10 Å². The molecule has 106 valence electrons. The first-order chi connectivity index (χ1) is 9.72. The summed E-state index contributed by atoms with van der Waals surface area (Å²) < 4.78 is 5.41. The fourth-order valence-corrected chi connectivity index (χ4v) is 2.42. The van der Waals surface area contributed by atoms with Crippen molar-refractivity contribution in [2.75, 3.05) is 30.3 Å².